The summed E-state index contributed by atoms with van der Waals surface area (Å²) in [7, 11) is 7.37. The van der Waals surface area contributed by atoms with Crippen molar-refractivity contribution in [3.8, 4) is 40.2 Å². The number of nitrogens with zero attached hydrogens (tertiary/aromatic N) is 2. The third-order valence-electron chi connectivity index (χ3n) is 9.88. The molecule has 2 aliphatic rings. The van der Waals surface area contributed by atoms with Crippen molar-refractivity contribution >= 4 is 17.9 Å². The minimum Gasteiger partial charge on any atom is -0.493 e. The largest absolute Gasteiger partial charge is 0.493 e. The maximum atomic E-state index is 12.2. The van der Waals surface area contributed by atoms with Gasteiger partial charge in [-0.05, 0) is 122 Å². The normalized spacial score (nSPS) is 16.9. The quantitative estimate of drug-likeness (QED) is 0.120. The van der Waals surface area contributed by atoms with Crippen LogP contribution in [0.2, 0.25) is 0 Å². The summed E-state index contributed by atoms with van der Waals surface area (Å²) in [5.41, 5.74) is 6.52. The van der Waals surface area contributed by atoms with Gasteiger partial charge in [-0.25, -0.2) is 0 Å². The smallest absolute Gasteiger partial charge is 0.308 e. The SMILES string of the molecule is COc1cc2c(cc1OC(C)=O)C(Cc1ccc(OC(C)=O)c(Oc3cc4c(cc3OC)CCN(C)C4Cc3ccc(OC(C)=O)cc3)c1)N(C)CC2. The van der Waals surface area contributed by atoms with E-state index in [1.165, 1.54) is 26.3 Å². The summed E-state index contributed by atoms with van der Waals surface area (Å²) in [5, 5.41) is 0. The molecule has 278 valence electrons. The molecule has 4 aromatic carbocycles. The first-order chi connectivity index (χ1) is 25.4. The zero-order valence-electron chi connectivity index (χ0n) is 31.3. The van der Waals surface area contributed by atoms with Crippen LogP contribution in [-0.2, 0) is 40.1 Å². The number of hydrogen-bond donors (Lipinski definition) is 0. The van der Waals surface area contributed by atoms with Crippen LogP contribution in [0.5, 0.6) is 40.2 Å². The van der Waals surface area contributed by atoms with Crippen LogP contribution >= 0.6 is 0 Å². The summed E-state index contributed by atoms with van der Waals surface area (Å²) < 4.78 is 34.4. The molecule has 0 saturated heterocycles. The highest BCUT2D eigenvalue weighted by Crippen LogP contribution is 2.44. The number of methoxy groups -OCH3 is 2. The molecular formula is C42H46N2O9. The number of hydrogen-bond acceptors (Lipinski definition) is 11. The topological polar surface area (TPSA) is 113 Å². The van der Waals surface area contributed by atoms with Gasteiger partial charge in [-0.1, -0.05) is 18.2 Å². The Labute approximate surface area is 310 Å². The van der Waals surface area contributed by atoms with Gasteiger partial charge in [0.05, 0.1) is 14.2 Å². The lowest BCUT2D eigenvalue weighted by Gasteiger charge is -2.35. The number of esters is 3. The number of likely N-dealkylation sites (N-methyl/N-ethyl adjacent to an activating group) is 2. The van der Waals surface area contributed by atoms with Crippen LogP contribution in [-0.4, -0.2) is 69.1 Å². The van der Waals surface area contributed by atoms with Gasteiger partial charge >= 0.3 is 17.9 Å². The van der Waals surface area contributed by atoms with E-state index in [-0.39, 0.29) is 18.1 Å². The molecule has 0 amide bonds. The highest BCUT2D eigenvalue weighted by atomic mass is 16.6. The number of carbonyl (C=O) groups is 3. The Kier molecular flexibility index (Phi) is 11.4. The van der Waals surface area contributed by atoms with Crippen molar-refractivity contribution in [3.63, 3.8) is 0 Å². The monoisotopic (exact) mass is 722 g/mol. The van der Waals surface area contributed by atoms with Crippen LogP contribution in [0, 0.1) is 0 Å². The number of fused-ring (bicyclic) bond motifs is 2. The summed E-state index contributed by atoms with van der Waals surface area (Å²) >= 11 is 0. The van der Waals surface area contributed by atoms with Gasteiger partial charge in [0.1, 0.15) is 5.75 Å². The fourth-order valence-corrected chi connectivity index (χ4v) is 7.26. The molecule has 0 aromatic heterocycles. The lowest BCUT2D eigenvalue weighted by atomic mass is 9.88. The molecule has 0 N–H and O–H groups in total. The van der Waals surface area contributed by atoms with Gasteiger partial charge in [0.15, 0.2) is 34.5 Å². The van der Waals surface area contributed by atoms with Crippen LogP contribution in [0.1, 0.15) is 66.2 Å². The fraction of sp³-hybridized carbons (Fsp3) is 0.357. The van der Waals surface area contributed by atoms with Crippen LogP contribution < -0.4 is 28.4 Å². The van der Waals surface area contributed by atoms with Crippen molar-refractivity contribution in [2.24, 2.45) is 0 Å². The highest BCUT2D eigenvalue weighted by molar-refractivity contribution is 5.72. The summed E-state index contributed by atoms with van der Waals surface area (Å²) in [6, 6.07) is 21.1. The van der Waals surface area contributed by atoms with Crippen LogP contribution in [0.15, 0.2) is 66.7 Å². The molecule has 0 radical (unpaired) electrons. The first kappa shape index (κ1) is 37.4. The first-order valence-electron chi connectivity index (χ1n) is 17.7. The van der Waals surface area contributed by atoms with Crippen molar-refractivity contribution < 1.29 is 42.8 Å². The summed E-state index contributed by atoms with van der Waals surface area (Å²) in [6.07, 6.45) is 3.01. The third kappa shape index (κ3) is 8.64. The summed E-state index contributed by atoms with van der Waals surface area (Å²) in [6.45, 7) is 5.83. The predicted octanol–water partition coefficient (Wildman–Crippen LogP) is 6.82. The van der Waals surface area contributed by atoms with Crippen molar-refractivity contribution in [1.82, 2.24) is 9.80 Å². The minimum atomic E-state index is -0.464. The zero-order valence-corrected chi connectivity index (χ0v) is 31.3. The lowest BCUT2D eigenvalue weighted by Crippen LogP contribution is -2.33. The molecule has 2 atom stereocenters. The second-order valence-corrected chi connectivity index (χ2v) is 13.6. The number of benzene rings is 4. The molecule has 2 aliphatic heterocycles. The average molecular weight is 723 g/mol. The maximum absolute atomic E-state index is 12.2. The van der Waals surface area contributed by atoms with Crippen molar-refractivity contribution in [2.75, 3.05) is 41.4 Å². The fourth-order valence-electron chi connectivity index (χ4n) is 7.26. The molecular weight excluding hydrogens is 676 g/mol. The van der Waals surface area contributed by atoms with Crippen LogP contribution in [0.4, 0.5) is 0 Å². The van der Waals surface area contributed by atoms with Gasteiger partial charge < -0.3 is 28.4 Å². The second kappa shape index (κ2) is 16.1. The van der Waals surface area contributed by atoms with Gasteiger partial charge in [0, 0.05) is 45.9 Å². The highest BCUT2D eigenvalue weighted by Gasteiger charge is 2.30. The van der Waals surface area contributed by atoms with Crippen molar-refractivity contribution in [1.29, 1.82) is 0 Å². The van der Waals surface area contributed by atoms with E-state index < -0.39 is 11.9 Å². The van der Waals surface area contributed by atoms with E-state index in [1.807, 2.05) is 60.7 Å². The van der Waals surface area contributed by atoms with Gasteiger partial charge in [-0.15, -0.1) is 0 Å². The van der Waals surface area contributed by atoms with E-state index in [0.717, 1.165) is 60.2 Å². The molecule has 0 fully saturated rings. The van der Waals surface area contributed by atoms with E-state index >= 15 is 0 Å². The number of ether oxygens (including phenoxy) is 6. The Morgan fingerprint density at radius 2 is 1.04 bits per heavy atom. The molecule has 0 bridgehead atoms. The molecule has 53 heavy (non-hydrogen) atoms. The van der Waals surface area contributed by atoms with E-state index in [4.69, 9.17) is 28.4 Å². The minimum absolute atomic E-state index is 0.0379. The molecule has 0 spiro atoms. The zero-order chi connectivity index (χ0) is 37.8. The summed E-state index contributed by atoms with van der Waals surface area (Å²) in [5.74, 6) is 1.93. The Balaban J connectivity index is 1.33. The van der Waals surface area contributed by atoms with Gasteiger partial charge in [0.2, 0.25) is 0 Å². The van der Waals surface area contributed by atoms with E-state index in [0.29, 0.717) is 46.7 Å². The molecule has 4 aromatic rings. The molecule has 11 nitrogen and oxygen atoms in total. The summed E-state index contributed by atoms with van der Waals surface area (Å²) in [4.78, 5) is 40.1. The van der Waals surface area contributed by atoms with Crippen LogP contribution in [0.25, 0.3) is 0 Å². The predicted molar refractivity (Wildman–Crippen MR) is 198 cm³/mol. The second-order valence-electron chi connectivity index (χ2n) is 13.6. The third-order valence-corrected chi connectivity index (χ3v) is 9.88. The van der Waals surface area contributed by atoms with Crippen molar-refractivity contribution in [2.45, 2.75) is 58.5 Å². The Morgan fingerprint density at radius 3 is 1.58 bits per heavy atom. The van der Waals surface area contributed by atoms with E-state index in [2.05, 4.69) is 23.9 Å². The Hall–Kier alpha value is -5.39. The average Bonchev–Trinajstić information content (AvgIpc) is 3.11. The Bertz CT molecular complexity index is 2010. The molecule has 11 heteroatoms. The van der Waals surface area contributed by atoms with E-state index in [9.17, 15) is 14.4 Å². The van der Waals surface area contributed by atoms with Gasteiger partial charge in [-0.2, -0.15) is 0 Å². The van der Waals surface area contributed by atoms with E-state index in [1.54, 1.807) is 20.3 Å². The first-order valence-corrected chi connectivity index (χ1v) is 17.7. The van der Waals surface area contributed by atoms with Gasteiger partial charge in [0.25, 0.3) is 0 Å². The number of carbonyl (C=O) groups excluding carboxylic acids is 3. The standard InChI is InChI=1S/C42H46N2O9/c1-25(45)50-32-11-8-28(9-12-32)18-35-34-24-42(39(49-7)22-31(34)14-16-43(35)4)53-40-20-29(10-13-37(40)51-26(2)46)19-36-33-23-41(52-27(3)47)38(48-6)21-30(33)15-17-44(36)5/h8-13,20-24,35-36H,14-19H2,1-7H3. The van der Waals surface area contributed by atoms with Gasteiger partial charge in [-0.3, -0.25) is 24.2 Å². The maximum Gasteiger partial charge on any atom is 0.308 e. The molecule has 2 unspecified atom stereocenters. The molecule has 0 saturated carbocycles. The number of rotatable bonds is 11. The van der Waals surface area contributed by atoms with Crippen LogP contribution in [0.3, 0.4) is 0 Å². The Morgan fingerprint density at radius 1 is 0.566 bits per heavy atom. The lowest BCUT2D eigenvalue weighted by molar-refractivity contribution is -0.132. The molecule has 6 rings (SSSR count). The molecule has 2 heterocycles. The van der Waals surface area contributed by atoms with Crippen molar-refractivity contribution in [3.05, 3.63) is 100 Å². The molecule has 0 aliphatic carbocycles.